The number of nitrogens with two attached hydrogens (primary N) is 1. The minimum absolute atomic E-state index is 0.410. The minimum Gasteiger partial charge on any atom is -0.493 e. The van der Waals surface area contributed by atoms with Crippen LogP contribution in [0.5, 0.6) is 5.75 Å². The van der Waals surface area contributed by atoms with Crippen LogP contribution in [0.3, 0.4) is 0 Å². The predicted molar refractivity (Wildman–Crippen MR) is 87.4 cm³/mol. The Balaban J connectivity index is 2.25. The van der Waals surface area contributed by atoms with E-state index in [-0.39, 0.29) is 0 Å². The highest BCUT2D eigenvalue weighted by atomic mass is 79.9. The number of imidazole rings is 1. The molecule has 2 aromatic heterocycles. The van der Waals surface area contributed by atoms with Crippen LogP contribution in [-0.2, 0) is 6.54 Å². The first-order valence-corrected chi connectivity index (χ1v) is 7.62. The number of para-hydroxylation sites is 1. The fourth-order valence-corrected chi connectivity index (χ4v) is 2.76. The molecule has 5 heteroatoms. The molecule has 2 N–H and O–H groups in total. The zero-order valence-electron chi connectivity index (χ0n) is 11.7. The van der Waals surface area contributed by atoms with Crippen molar-refractivity contribution in [3.8, 4) is 17.0 Å². The van der Waals surface area contributed by atoms with Crippen molar-refractivity contribution >= 4 is 21.6 Å². The van der Waals surface area contributed by atoms with Crippen molar-refractivity contribution in [2.45, 2.75) is 13.5 Å². The van der Waals surface area contributed by atoms with E-state index in [1.54, 1.807) is 0 Å². The Morgan fingerprint density at radius 2 is 2.05 bits per heavy atom. The third-order valence-corrected chi connectivity index (χ3v) is 3.79. The summed E-state index contributed by atoms with van der Waals surface area (Å²) in [5, 5.41) is 0. The second kappa shape index (κ2) is 5.87. The van der Waals surface area contributed by atoms with Crippen molar-refractivity contribution in [1.82, 2.24) is 9.38 Å². The quantitative estimate of drug-likeness (QED) is 0.785. The van der Waals surface area contributed by atoms with Gasteiger partial charge >= 0.3 is 0 Å². The lowest BCUT2D eigenvalue weighted by Gasteiger charge is -2.09. The van der Waals surface area contributed by atoms with Crippen LogP contribution in [0.4, 0.5) is 0 Å². The number of nitrogens with zero attached hydrogens (tertiary/aromatic N) is 2. The molecule has 21 heavy (non-hydrogen) atoms. The third kappa shape index (κ3) is 2.54. The van der Waals surface area contributed by atoms with Crippen LogP contribution >= 0.6 is 15.9 Å². The molecule has 0 radical (unpaired) electrons. The van der Waals surface area contributed by atoms with Crippen LogP contribution in [-0.4, -0.2) is 16.0 Å². The maximum Gasteiger partial charge on any atom is 0.137 e. The van der Waals surface area contributed by atoms with Crippen molar-refractivity contribution in [2.24, 2.45) is 5.73 Å². The van der Waals surface area contributed by atoms with Crippen LogP contribution in [0.25, 0.3) is 16.9 Å². The number of halogens is 1. The molecule has 3 aromatic rings. The molecule has 0 atom stereocenters. The number of pyridine rings is 1. The van der Waals surface area contributed by atoms with E-state index in [9.17, 15) is 0 Å². The lowest BCUT2D eigenvalue weighted by atomic mass is 10.1. The molecule has 0 aliphatic heterocycles. The molecule has 0 bridgehead atoms. The summed E-state index contributed by atoms with van der Waals surface area (Å²) in [5.74, 6) is 0.831. The molecule has 3 rings (SSSR count). The number of benzene rings is 1. The molecule has 0 saturated carbocycles. The number of aromatic nitrogens is 2. The lowest BCUT2D eigenvalue weighted by molar-refractivity contribution is 0.341. The van der Waals surface area contributed by atoms with E-state index in [1.165, 1.54) is 0 Å². The molecule has 0 amide bonds. The van der Waals surface area contributed by atoms with Gasteiger partial charge in [-0.2, -0.15) is 0 Å². The highest BCUT2D eigenvalue weighted by Gasteiger charge is 2.16. The van der Waals surface area contributed by atoms with Crippen LogP contribution in [0.15, 0.2) is 47.1 Å². The monoisotopic (exact) mass is 345 g/mol. The van der Waals surface area contributed by atoms with Gasteiger partial charge in [-0.3, -0.25) is 0 Å². The van der Waals surface area contributed by atoms with Crippen molar-refractivity contribution < 1.29 is 4.74 Å². The Labute approximate surface area is 131 Å². The summed E-state index contributed by atoms with van der Waals surface area (Å²) in [6.07, 6.45) is 1.98. The number of hydrogen-bond donors (Lipinski definition) is 1. The van der Waals surface area contributed by atoms with Gasteiger partial charge in [0, 0.05) is 22.8 Å². The maximum absolute atomic E-state index is 5.96. The molecule has 0 aliphatic rings. The average molecular weight is 346 g/mol. The lowest BCUT2D eigenvalue weighted by Crippen LogP contribution is -2.03. The summed E-state index contributed by atoms with van der Waals surface area (Å²) in [4.78, 5) is 4.72. The van der Waals surface area contributed by atoms with Gasteiger partial charge in [0.15, 0.2) is 0 Å². The van der Waals surface area contributed by atoms with Crippen molar-refractivity contribution in [1.29, 1.82) is 0 Å². The van der Waals surface area contributed by atoms with Crippen molar-refractivity contribution in [3.63, 3.8) is 0 Å². The van der Waals surface area contributed by atoms with E-state index in [2.05, 4.69) is 15.9 Å². The first kappa shape index (κ1) is 14.1. The Hall–Kier alpha value is -1.85. The molecule has 108 valence electrons. The Kier molecular flexibility index (Phi) is 3.94. The average Bonchev–Trinajstić information content (AvgIpc) is 2.85. The number of rotatable bonds is 4. The van der Waals surface area contributed by atoms with Gasteiger partial charge in [-0.15, -0.1) is 0 Å². The largest absolute Gasteiger partial charge is 0.493 e. The van der Waals surface area contributed by atoms with Gasteiger partial charge in [-0.25, -0.2) is 4.98 Å². The highest BCUT2D eigenvalue weighted by Crippen LogP contribution is 2.32. The zero-order chi connectivity index (χ0) is 14.8. The topological polar surface area (TPSA) is 52.5 Å². The van der Waals surface area contributed by atoms with Crippen LogP contribution in [0, 0.1) is 0 Å². The predicted octanol–water partition coefficient (Wildman–Crippen LogP) is 3.62. The van der Waals surface area contributed by atoms with Gasteiger partial charge in [-0.1, -0.05) is 12.1 Å². The molecule has 0 saturated heterocycles. The van der Waals surface area contributed by atoms with E-state index >= 15 is 0 Å². The summed E-state index contributed by atoms with van der Waals surface area (Å²) < 4.78 is 8.72. The minimum atomic E-state index is 0.410. The molecular weight excluding hydrogens is 330 g/mol. The summed E-state index contributed by atoms with van der Waals surface area (Å²) >= 11 is 3.49. The van der Waals surface area contributed by atoms with E-state index in [0.29, 0.717) is 13.2 Å². The van der Waals surface area contributed by atoms with Gasteiger partial charge in [0.05, 0.1) is 18.0 Å². The fourth-order valence-electron chi connectivity index (χ4n) is 2.42. The zero-order valence-corrected chi connectivity index (χ0v) is 13.3. The van der Waals surface area contributed by atoms with E-state index in [1.807, 2.05) is 53.9 Å². The molecule has 1 aromatic carbocycles. The Morgan fingerprint density at radius 1 is 1.24 bits per heavy atom. The summed E-state index contributed by atoms with van der Waals surface area (Å²) in [6, 6.07) is 11.9. The third-order valence-electron chi connectivity index (χ3n) is 3.32. The smallest absolute Gasteiger partial charge is 0.137 e. The molecule has 0 aliphatic carbocycles. The van der Waals surface area contributed by atoms with Crippen LogP contribution < -0.4 is 10.5 Å². The molecule has 0 fully saturated rings. The Morgan fingerprint density at radius 3 is 2.81 bits per heavy atom. The van der Waals surface area contributed by atoms with Crippen LogP contribution in [0.2, 0.25) is 0 Å². The van der Waals surface area contributed by atoms with Gasteiger partial charge in [0.2, 0.25) is 0 Å². The van der Waals surface area contributed by atoms with E-state index in [4.69, 9.17) is 15.5 Å². The number of hydrogen-bond acceptors (Lipinski definition) is 3. The first-order valence-electron chi connectivity index (χ1n) is 6.83. The normalized spacial score (nSPS) is 11.0. The Bertz CT molecular complexity index is 782. The van der Waals surface area contributed by atoms with Gasteiger partial charge in [-0.05, 0) is 47.1 Å². The van der Waals surface area contributed by atoms with Gasteiger partial charge < -0.3 is 14.9 Å². The van der Waals surface area contributed by atoms with Crippen molar-refractivity contribution in [3.05, 3.63) is 52.8 Å². The standard InChI is InChI=1S/C16H16BrN3O/c1-2-21-14-6-4-3-5-12(14)16-13(9-18)20-10-11(17)7-8-15(20)19-16/h3-8,10H,2,9,18H2,1H3. The first-order chi connectivity index (χ1) is 10.2. The molecule has 2 heterocycles. The van der Waals surface area contributed by atoms with Crippen LogP contribution in [0.1, 0.15) is 12.6 Å². The van der Waals surface area contributed by atoms with Crippen molar-refractivity contribution in [2.75, 3.05) is 6.61 Å². The number of fused-ring (bicyclic) bond motifs is 1. The van der Waals surface area contributed by atoms with E-state index in [0.717, 1.165) is 32.8 Å². The fraction of sp³-hybridized carbons (Fsp3) is 0.188. The van der Waals surface area contributed by atoms with E-state index < -0.39 is 0 Å². The molecule has 4 nitrogen and oxygen atoms in total. The number of ether oxygens (including phenoxy) is 1. The molecule has 0 spiro atoms. The maximum atomic E-state index is 5.96. The molecular formula is C16H16BrN3O. The summed E-state index contributed by atoms with van der Waals surface area (Å²) in [5.41, 5.74) is 9.65. The second-order valence-corrected chi connectivity index (χ2v) is 5.53. The SMILES string of the molecule is CCOc1ccccc1-c1nc2ccc(Br)cn2c1CN. The van der Waals surface area contributed by atoms with Gasteiger partial charge in [0.1, 0.15) is 11.4 Å². The summed E-state index contributed by atoms with van der Waals surface area (Å²) in [7, 11) is 0. The second-order valence-electron chi connectivity index (χ2n) is 4.62. The molecule has 0 unspecified atom stereocenters. The van der Waals surface area contributed by atoms with Gasteiger partial charge in [0.25, 0.3) is 0 Å². The highest BCUT2D eigenvalue weighted by molar-refractivity contribution is 9.10. The summed E-state index contributed by atoms with van der Waals surface area (Å²) in [6.45, 7) is 3.00.